The van der Waals surface area contributed by atoms with Crippen LogP contribution in [-0.2, 0) is 14.3 Å². The monoisotopic (exact) mass is 266 g/mol. The van der Waals surface area contributed by atoms with E-state index in [9.17, 15) is 9.90 Å². The molecule has 0 aromatic carbocycles. The SMILES string of the molecule is C/C1=C\[C@@H](O)C[C@@]2(C)O[C@@H]2[C@H]2OC(=O)[C@@H](C)[C@@H]2CC1. The highest BCUT2D eigenvalue weighted by Crippen LogP contribution is 2.50. The Bertz CT molecular complexity index is 430. The highest BCUT2D eigenvalue weighted by Gasteiger charge is 2.62. The van der Waals surface area contributed by atoms with Crippen LogP contribution in [0.2, 0.25) is 0 Å². The van der Waals surface area contributed by atoms with Crippen molar-refractivity contribution in [2.45, 2.75) is 63.9 Å². The summed E-state index contributed by atoms with van der Waals surface area (Å²) in [5.74, 6) is 0.0859. The van der Waals surface area contributed by atoms with Gasteiger partial charge in [-0.1, -0.05) is 18.6 Å². The average Bonchev–Trinajstić information content (AvgIpc) is 2.88. The summed E-state index contributed by atoms with van der Waals surface area (Å²) >= 11 is 0. The molecule has 3 aliphatic rings. The number of hydrogen-bond acceptors (Lipinski definition) is 4. The van der Waals surface area contributed by atoms with E-state index in [0.29, 0.717) is 6.42 Å². The quantitative estimate of drug-likeness (QED) is 0.413. The number of esters is 1. The topological polar surface area (TPSA) is 59.1 Å². The van der Waals surface area contributed by atoms with Crippen LogP contribution in [0, 0.1) is 11.8 Å². The van der Waals surface area contributed by atoms with E-state index in [-0.39, 0.29) is 35.6 Å². The number of rotatable bonds is 0. The lowest BCUT2D eigenvalue weighted by Gasteiger charge is -2.21. The Morgan fingerprint density at radius 2 is 2.21 bits per heavy atom. The zero-order valence-corrected chi connectivity index (χ0v) is 11.8. The zero-order valence-electron chi connectivity index (χ0n) is 11.8. The van der Waals surface area contributed by atoms with Crippen molar-refractivity contribution in [1.82, 2.24) is 0 Å². The molecule has 0 spiro atoms. The minimum absolute atomic E-state index is 0.0457. The Balaban J connectivity index is 1.87. The van der Waals surface area contributed by atoms with Crippen molar-refractivity contribution < 1.29 is 19.4 Å². The normalized spacial score (nSPS) is 52.5. The second-order valence-corrected chi connectivity index (χ2v) is 6.53. The third-order valence-electron chi connectivity index (χ3n) is 4.89. The first-order valence-corrected chi connectivity index (χ1v) is 7.14. The molecule has 2 saturated heterocycles. The summed E-state index contributed by atoms with van der Waals surface area (Å²) in [6.07, 6.45) is 3.67. The number of aliphatic hydroxyl groups is 1. The molecule has 0 bridgehead atoms. The number of carbonyl (C=O) groups is 1. The highest BCUT2D eigenvalue weighted by molar-refractivity contribution is 5.75. The third kappa shape index (κ3) is 2.21. The van der Waals surface area contributed by atoms with Gasteiger partial charge in [0.25, 0.3) is 0 Å². The molecule has 0 aromatic heterocycles. The van der Waals surface area contributed by atoms with E-state index in [0.717, 1.165) is 12.8 Å². The van der Waals surface area contributed by atoms with Crippen LogP contribution in [-0.4, -0.2) is 35.0 Å². The van der Waals surface area contributed by atoms with Gasteiger partial charge in [-0.3, -0.25) is 4.79 Å². The van der Waals surface area contributed by atoms with E-state index in [2.05, 4.69) is 0 Å². The van der Waals surface area contributed by atoms with Crippen LogP contribution < -0.4 is 0 Å². The van der Waals surface area contributed by atoms with E-state index in [1.165, 1.54) is 5.57 Å². The second-order valence-electron chi connectivity index (χ2n) is 6.53. The predicted molar refractivity (Wildman–Crippen MR) is 69.4 cm³/mol. The average molecular weight is 266 g/mol. The molecule has 0 unspecified atom stereocenters. The van der Waals surface area contributed by atoms with Crippen molar-refractivity contribution in [2.24, 2.45) is 11.8 Å². The maximum Gasteiger partial charge on any atom is 0.309 e. The molecule has 19 heavy (non-hydrogen) atoms. The van der Waals surface area contributed by atoms with Crippen LogP contribution in [0.3, 0.4) is 0 Å². The van der Waals surface area contributed by atoms with Crippen LogP contribution >= 0.6 is 0 Å². The van der Waals surface area contributed by atoms with Gasteiger partial charge in [-0.2, -0.15) is 0 Å². The Kier molecular flexibility index (Phi) is 2.98. The van der Waals surface area contributed by atoms with Crippen LogP contribution in [0.15, 0.2) is 11.6 Å². The van der Waals surface area contributed by atoms with Crippen LogP contribution in [0.25, 0.3) is 0 Å². The predicted octanol–water partition coefficient (Wildman–Crippen LogP) is 1.81. The molecule has 4 heteroatoms. The van der Waals surface area contributed by atoms with Crippen molar-refractivity contribution in [3.8, 4) is 0 Å². The van der Waals surface area contributed by atoms with Crippen LogP contribution in [0.5, 0.6) is 0 Å². The van der Waals surface area contributed by atoms with Crippen molar-refractivity contribution >= 4 is 5.97 Å². The molecule has 3 rings (SSSR count). The molecule has 0 radical (unpaired) electrons. The Labute approximate surface area is 113 Å². The van der Waals surface area contributed by atoms with Crippen molar-refractivity contribution in [2.75, 3.05) is 0 Å². The summed E-state index contributed by atoms with van der Waals surface area (Å²) < 4.78 is 11.3. The lowest BCUT2D eigenvalue weighted by Crippen LogP contribution is -2.31. The molecular weight excluding hydrogens is 244 g/mol. The summed E-state index contributed by atoms with van der Waals surface area (Å²) in [4.78, 5) is 11.8. The van der Waals surface area contributed by atoms with Crippen molar-refractivity contribution in [3.05, 3.63) is 11.6 Å². The maximum absolute atomic E-state index is 11.8. The lowest BCUT2D eigenvalue weighted by atomic mass is 9.81. The molecule has 0 saturated carbocycles. The Morgan fingerprint density at radius 1 is 1.47 bits per heavy atom. The van der Waals surface area contributed by atoms with Gasteiger partial charge < -0.3 is 14.6 Å². The van der Waals surface area contributed by atoms with E-state index in [1.54, 1.807) is 0 Å². The molecular formula is C15H22O4. The van der Waals surface area contributed by atoms with Gasteiger partial charge in [0.15, 0.2) is 0 Å². The fourth-order valence-corrected chi connectivity index (χ4v) is 3.60. The number of epoxide rings is 1. The first-order chi connectivity index (χ1) is 8.90. The number of fused-ring (bicyclic) bond motifs is 3. The van der Waals surface area contributed by atoms with Gasteiger partial charge in [0.2, 0.25) is 0 Å². The minimum atomic E-state index is -0.471. The molecule has 2 fully saturated rings. The van der Waals surface area contributed by atoms with Crippen LogP contribution in [0.4, 0.5) is 0 Å². The summed E-state index contributed by atoms with van der Waals surface area (Å²) in [5, 5.41) is 10.0. The largest absolute Gasteiger partial charge is 0.459 e. The number of ether oxygens (including phenoxy) is 2. The first-order valence-electron chi connectivity index (χ1n) is 7.14. The number of hydrogen-bond donors (Lipinski definition) is 1. The maximum atomic E-state index is 11.8. The fraction of sp³-hybridized carbons (Fsp3) is 0.800. The lowest BCUT2D eigenvalue weighted by molar-refractivity contribution is -0.144. The molecule has 1 N–H and O–H groups in total. The zero-order chi connectivity index (χ0) is 13.8. The highest BCUT2D eigenvalue weighted by atomic mass is 16.6. The van der Waals surface area contributed by atoms with Gasteiger partial charge in [-0.25, -0.2) is 0 Å². The van der Waals surface area contributed by atoms with Gasteiger partial charge in [-0.05, 0) is 26.7 Å². The summed E-state index contributed by atoms with van der Waals surface area (Å²) in [6.45, 7) is 5.99. The molecule has 0 aromatic rings. The third-order valence-corrected chi connectivity index (χ3v) is 4.89. The van der Waals surface area contributed by atoms with Crippen LogP contribution in [0.1, 0.15) is 40.0 Å². The summed E-state index contributed by atoms with van der Waals surface area (Å²) in [7, 11) is 0. The van der Waals surface area contributed by atoms with E-state index in [4.69, 9.17) is 9.47 Å². The summed E-state index contributed by atoms with van der Waals surface area (Å²) in [5.41, 5.74) is 0.835. The molecule has 2 aliphatic heterocycles. The Hall–Kier alpha value is -0.870. The number of aliphatic hydroxyl groups excluding tert-OH is 1. The van der Waals surface area contributed by atoms with E-state index < -0.39 is 6.10 Å². The van der Waals surface area contributed by atoms with Gasteiger partial charge >= 0.3 is 5.97 Å². The standard InChI is InChI=1S/C15H22O4/c1-8-4-5-11-9(2)14(17)18-12(11)13-15(3,19-13)7-10(16)6-8/h6,9-13,16H,4-5,7H2,1-3H3/b8-6+/t9-,10+,11-,12-,13+,15+/m0/s1. The van der Waals surface area contributed by atoms with Crippen molar-refractivity contribution in [1.29, 1.82) is 0 Å². The molecule has 106 valence electrons. The molecule has 1 aliphatic carbocycles. The fourth-order valence-electron chi connectivity index (χ4n) is 3.60. The number of allylic oxidation sites excluding steroid dienone is 1. The van der Waals surface area contributed by atoms with Gasteiger partial charge in [0.05, 0.1) is 17.6 Å². The first kappa shape index (κ1) is 13.1. The molecule has 0 amide bonds. The van der Waals surface area contributed by atoms with Gasteiger partial charge in [-0.15, -0.1) is 0 Å². The Morgan fingerprint density at radius 3 is 2.95 bits per heavy atom. The summed E-state index contributed by atoms with van der Waals surface area (Å²) in [6, 6.07) is 0. The van der Waals surface area contributed by atoms with E-state index >= 15 is 0 Å². The molecule has 2 heterocycles. The second kappa shape index (κ2) is 4.32. The van der Waals surface area contributed by atoms with E-state index in [1.807, 2.05) is 26.8 Å². The van der Waals surface area contributed by atoms with Gasteiger partial charge in [0, 0.05) is 12.3 Å². The van der Waals surface area contributed by atoms with Crippen molar-refractivity contribution in [3.63, 3.8) is 0 Å². The minimum Gasteiger partial charge on any atom is -0.459 e. The van der Waals surface area contributed by atoms with Gasteiger partial charge in [0.1, 0.15) is 12.2 Å². The smallest absolute Gasteiger partial charge is 0.309 e. The molecule has 6 atom stereocenters. The molecule has 4 nitrogen and oxygen atoms in total. The number of carbonyl (C=O) groups excluding carboxylic acids is 1.